The van der Waals surface area contributed by atoms with E-state index in [0.717, 1.165) is 18.8 Å². The molecule has 0 aromatic heterocycles. The molecular weight excluding hydrogens is 274 g/mol. The van der Waals surface area contributed by atoms with Gasteiger partial charge in [0.05, 0.1) is 25.7 Å². The van der Waals surface area contributed by atoms with Gasteiger partial charge in [-0.2, -0.15) is 0 Å². The number of carboxylic acid groups (broad SMARTS) is 1. The fourth-order valence-electron chi connectivity index (χ4n) is 2.09. The van der Waals surface area contributed by atoms with Gasteiger partial charge in [-0.1, -0.05) is 0 Å². The SMILES string of the molecule is NC(CC(=O)O)C(=O)Nc1ccc(N2CCOCC2)cc1. The van der Waals surface area contributed by atoms with Crippen LogP contribution in [0.4, 0.5) is 11.4 Å². The Balaban J connectivity index is 1.92. The van der Waals surface area contributed by atoms with Gasteiger partial charge < -0.3 is 25.8 Å². The Kier molecular flexibility index (Phi) is 5.13. The van der Waals surface area contributed by atoms with Crippen molar-refractivity contribution in [2.24, 2.45) is 5.73 Å². The molecule has 114 valence electrons. The first-order chi connectivity index (χ1) is 10.1. The maximum Gasteiger partial charge on any atom is 0.305 e. The van der Waals surface area contributed by atoms with Crippen LogP contribution in [0.3, 0.4) is 0 Å². The van der Waals surface area contributed by atoms with E-state index in [1.807, 2.05) is 12.1 Å². The number of hydrogen-bond donors (Lipinski definition) is 3. The summed E-state index contributed by atoms with van der Waals surface area (Å²) in [5, 5.41) is 11.2. The third kappa shape index (κ3) is 4.44. The fourth-order valence-corrected chi connectivity index (χ4v) is 2.09. The van der Waals surface area contributed by atoms with Crippen LogP contribution in [0.15, 0.2) is 24.3 Å². The molecule has 0 saturated carbocycles. The highest BCUT2D eigenvalue weighted by molar-refractivity contribution is 5.96. The number of ether oxygens (including phenoxy) is 1. The molecule has 0 bridgehead atoms. The Morgan fingerprint density at radius 2 is 1.90 bits per heavy atom. The van der Waals surface area contributed by atoms with Crippen LogP contribution in [-0.4, -0.2) is 49.3 Å². The molecule has 21 heavy (non-hydrogen) atoms. The standard InChI is InChI=1S/C14H19N3O4/c15-12(9-13(18)19)14(20)16-10-1-3-11(4-2-10)17-5-7-21-8-6-17/h1-4,12H,5-9,15H2,(H,16,20)(H,18,19). The molecular formula is C14H19N3O4. The van der Waals surface area contributed by atoms with Gasteiger partial charge in [-0.15, -0.1) is 0 Å². The number of rotatable bonds is 5. The maximum atomic E-state index is 11.7. The summed E-state index contributed by atoms with van der Waals surface area (Å²) in [6.45, 7) is 3.11. The molecule has 7 heteroatoms. The molecule has 1 saturated heterocycles. The van der Waals surface area contributed by atoms with Gasteiger partial charge in [0.25, 0.3) is 0 Å². The highest BCUT2D eigenvalue weighted by atomic mass is 16.5. The van der Waals surface area contributed by atoms with E-state index in [9.17, 15) is 9.59 Å². The van der Waals surface area contributed by atoms with Crippen LogP contribution < -0.4 is 16.0 Å². The second-order valence-electron chi connectivity index (χ2n) is 4.84. The quantitative estimate of drug-likeness (QED) is 0.719. The zero-order valence-corrected chi connectivity index (χ0v) is 11.6. The van der Waals surface area contributed by atoms with Crippen molar-refractivity contribution < 1.29 is 19.4 Å². The third-order valence-electron chi connectivity index (χ3n) is 3.24. The average Bonchev–Trinajstić information content (AvgIpc) is 2.48. The smallest absolute Gasteiger partial charge is 0.305 e. The number of nitrogens with two attached hydrogens (primary N) is 1. The van der Waals surface area contributed by atoms with Crippen LogP contribution in [0.5, 0.6) is 0 Å². The second-order valence-corrected chi connectivity index (χ2v) is 4.84. The highest BCUT2D eigenvalue weighted by Crippen LogP contribution is 2.19. The van der Waals surface area contributed by atoms with E-state index in [1.165, 1.54) is 0 Å². The molecule has 1 aliphatic rings. The van der Waals surface area contributed by atoms with E-state index in [1.54, 1.807) is 12.1 Å². The van der Waals surface area contributed by atoms with Gasteiger partial charge in [-0.3, -0.25) is 9.59 Å². The molecule has 1 heterocycles. The number of amides is 1. The molecule has 1 unspecified atom stereocenters. The molecule has 0 spiro atoms. The number of carbonyl (C=O) groups excluding carboxylic acids is 1. The van der Waals surface area contributed by atoms with E-state index in [2.05, 4.69) is 10.2 Å². The minimum Gasteiger partial charge on any atom is -0.481 e. The zero-order valence-electron chi connectivity index (χ0n) is 11.6. The number of morpholine rings is 1. The molecule has 0 aliphatic carbocycles. The summed E-state index contributed by atoms with van der Waals surface area (Å²) in [7, 11) is 0. The van der Waals surface area contributed by atoms with Gasteiger partial charge >= 0.3 is 5.97 Å². The number of carboxylic acids is 1. The van der Waals surface area contributed by atoms with E-state index in [4.69, 9.17) is 15.6 Å². The molecule has 1 amide bonds. The first-order valence-corrected chi connectivity index (χ1v) is 6.77. The van der Waals surface area contributed by atoms with Crippen LogP contribution in [0.25, 0.3) is 0 Å². The lowest BCUT2D eigenvalue weighted by Crippen LogP contribution is -2.37. The minimum absolute atomic E-state index is 0.391. The number of anilines is 2. The lowest BCUT2D eigenvalue weighted by molar-refractivity contribution is -0.138. The lowest BCUT2D eigenvalue weighted by atomic mass is 10.2. The fraction of sp³-hybridized carbons (Fsp3) is 0.429. The van der Waals surface area contributed by atoms with Gasteiger partial charge in [-0.05, 0) is 24.3 Å². The van der Waals surface area contributed by atoms with Crippen molar-refractivity contribution >= 4 is 23.3 Å². The van der Waals surface area contributed by atoms with Gasteiger partial charge in [0.15, 0.2) is 0 Å². The number of nitrogens with one attached hydrogen (secondary N) is 1. The Bertz CT molecular complexity index is 497. The zero-order chi connectivity index (χ0) is 15.2. The number of benzene rings is 1. The van der Waals surface area contributed by atoms with Gasteiger partial charge in [0.2, 0.25) is 5.91 Å². The van der Waals surface area contributed by atoms with Crippen molar-refractivity contribution in [3.63, 3.8) is 0 Å². The first-order valence-electron chi connectivity index (χ1n) is 6.77. The second kappa shape index (κ2) is 7.05. The molecule has 1 atom stereocenters. The summed E-state index contributed by atoms with van der Waals surface area (Å²) in [6.07, 6.45) is -0.391. The topological polar surface area (TPSA) is 105 Å². The van der Waals surface area contributed by atoms with Crippen molar-refractivity contribution in [2.75, 3.05) is 36.5 Å². The van der Waals surface area contributed by atoms with Gasteiger partial charge in [-0.25, -0.2) is 0 Å². The summed E-state index contributed by atoms with van der Waals surface area (Å²) in [5.41, 5.74) is 7.15. The molecule has 1 aromatic rings. The van der Waals surface area contributed by atoms with Crippen LogP contribution in [0, 0.1) is 0 Å². The van der Waals surface area contributed by atoms with Gasteiger partial charge in [0.1, 0.15) is 0 Å². The molecule has 1 fully saturated rings. The van der Waals surface area contributed by atoms with Crippen molar-refractivity contribution in [3.8, 4) is 0 Å². The Hall–Kier alpha value is -2.12. The number of nitrogens with zero attached hydrogens (tertiary/aromatic N) is 1. The summed E-state index contributed by atoms with van der Waals surface area (Å²) < 4.78 is 5.30. The number of aliphatic carboxylic acids is 1. The van der Waals surface area contributed by atoms with E-state index < -0.39 is 24.3 Å². The number of hydrogen-bond acceptors (Lipinski definition) is 5. The predicted octanol–water partition coefficient (Wildman–Crippen LogP) is 0.264. The molecule has 7 nitrogen and oxygen atoms in total. The summed E-state index contributed by atoms with van der Waals surface area (Å²) in [5.74, 6) is -1.60. The Morgan fingerprint density at radius 3 is 2.48 bits per heavy atom. The number of carbonyl (C=O) groups is 2. The van der Waals surface area contributed by atoms with Crippen molar-refractivity contribution in [1.29, 1.82) is 0 Å². The van der Waals surface area contributed by atoms with Gasteiger partial charge in [0, 0.05) is 24.5 Å². The molecule has 2 rings (SSSR count). The Morgan fingerprint density at radius 1 is 1.29 bits per heavy atom. The van der Waals surface area contributed by atoms with E-state index in [-0.39, 0.29) is 0 Å². The third-order valence-corrected chi connectivity index (χ3v) is 3.24. The molecule has 0 radical (unpaired) electrons. The molecule has 1 aliphatic heterocycles. The minimum atomic E-state index is -1.10. The monoisotopic (exact) mass is 293 g/mol. The van der Waals surface area contributed by atoms with Crippen LogP contribution in [-0.2, 0) is 14.3 Å². The summed E-state index contributed by atoms with van der Waals surface area (Å²) in [4.78, 5) is 24.4. The summed E-state index contributed by atoms with van der Waals surface area (Å²) >= 11 is 0. The maximum absolute atomic E-state index is 11.7. The van der Waals surface area contributed by atoms with Crippen molar-refractivity contribution in [3.05, 3.63) is 24.3 Å². The van der Waals surface area contributed by atoms with Crippen molar-refractivity contribution in [2.45, 2.75) is 12.5 Å². The van der Waals surface area contributed by atoms with Crippen LogP contribution >= 0.6 is 0 Å². The molecule has 1 aromatic carbocycles. The van der Waals surface area contributed by atoms with Crippen LogP contribution in [0.2, 0.25) is 0 Å². The Labute approximate surface area is 122 Å². The lowest BCUT2D eigenvalue weighted by Gasteiger charge is -2.28. The summed E-state index contributed by atoms with van der Waals surface area (Å²) in [6, 6.07) is 6.31. The average molecular weight is 293 g/mol. The highest BCUT2D eigenvalue weighted by Gasteiger charge is 2.17. The molecule has 4 N–H and O–H groups in total. The van der Waals surface area contributed by atoms with Crippen molar-refractivity contribution in [1.82, 2.24) is 0 Å². The first kappa shape index (κ1) is 15.3. The van der Waals surface area contributed by atoms with E-state index >= 15 is 0 Å². The predicted molar refractivity (Wildman–Crippen MR) is 78.3 cm³/mol. The van der Waals surface area contributed by atoms with E-state index in [0.29, 0.717) is 18.9 Å². The largest absolute Gasteiger partial charge is 0.481 e. The van der Waals surface area contributed by atoms with Crippen LogP contribution in [0.1, 0.15) is 6.42 Å². The normalized spacial score (nSPS) is 16.3.